The summed E-state index contributed by atoms with van der Waals surface area (Å²) in [6.07, 6.45) is 5.91. The van der Waals surface area contributed by atoms with E-state index in [1.54, 1.807) is 12.4 Å². The van der Waals surface area contributed by atoms with Crippen molar-refractivity contribution in [2.24, 2.45) is 0 Å². The molecule has 8 nitrogen and oxygen atoms in total. The van der Waals surface area contributed by atoms with Crippen molar-refractivity contribution in [3.63, 3.8) is 0 Å². The van der Waals surface area contributed by atoms with Crippen molar-refractivity contribution in [3.8, 4) is 23.0 Å². The van der Waals surface area contributed by atoms with E-state index in [9.17, 15) is 8.78 Å². The molecule has 1 saturated heterocycles. The Labute approximate surface area is 194 Å². The van der Waals surface area contributed by atoms with Crippen LogP contribution in [-0.2, 0) is 0 Å². The van der Waals surface area contributed by atoms with Gasteiger partial charge in [0.2, 0.25) is 5.88 Å². The van der Waals surface area contributed by atoms with Gasteiger partial charge in [0, 0.05) is 37.7 Å². The monoisotopic (exact) mass is 464 g/mol. The number of hydrogen-bond acceptors (Lipinski definition) is 8. The summed E-state index contributed by atoms with van der Waals surface area (Å²) >= 11 is 0. The van der Waals surface area contributed by atoms with E-state index in [4.69, 9.17) is 19.4 Å². The van der Waals surface area contributed by atoms with Gasteiger partial charge in [-0.05, 0) is 25.1 Å². The van der Waals surface area contributed by atoms with Crippen molar-refractivity contribution in [1.29, 1.82) is 0 Å². The van der Waals surface area contributed by atoms with Gasteiger partial charge in [-0.25, -0.2) is 23.7 Å². The fourth-order valence-corrected chi connectivity index (χ4v) is 3.94. The third-order valence-corrected chi connectivity index (χ3v) is 5.66. The van der Waals surface area contributed by atoms with Crippen molar-refractivity contribution in [3.05, 3.63) is 60.2 Å². The summed E-state index contributed by atoms with van der Waals surface area (Å²) in [6, 6.07) is 5.23. The van der Waals surface area contributed by atoms with Gasteiger partial charge in [-0.15, -0.1) is 0 Å². The third-order valence-electron chi connectivity index (χ3n) is 5.66. The normalized spacial score (nSPS) is 14.4. The second-order valence-electron chi connectivity index (χ2n) is 8.04. The lowest BCUT2D eigenvalue weighted by Gasteiger charge is -2.33. The first kappa shape index (κ1) is 21.9. The number of methoxy groups -OCH3 is 1. The van der Waals surface area contributed by atoms with Crippen LogP contribution in [0.2, 0.25) is 0 Å². The molecule has 1 fully saturated rings. The number of rotatable bonds is 5. The number of benzene rings is 1. The molecule has 1 aromatic carbocycles. The van der Waals surface area contributed by atoms with Gasteiger partial charge in [-0.2, -0.15) is 0 Å². The van der Waals surface area contributed by atoms with Gasteiger partial charge >= 0.3 is 0 Å². The molecule has 5 rings (SSSR count). The molecule has 4 heterocycles. The number of halogens is 2. The van der Waals surface area contributed by atoms with Crippen LogP contribution in [0, 0.1) is 18.6 Å². The fourth-order valence-electron chi connectivity index (χ4n) is 3.94. The van der Waals surface area contributed by atoms with Crippen LogP contribution in [0.5, 0.6) is 11.6 Å². The van der Waals surface area contributed by atoms with Gasteiger partial charge < -0.3 is 14.4 Å². The lowest BCUT2D eigenvalue weighted by atomic mass is 10.1. The lowest BCUT2D eigenvalue weighted by molar-refractivity contribution is 0.163. The molecule has 0 atom stereocenters. The Hall–Kier alpha value is -3.95. The second kappa shape index (κ2) is 9.12. The van der Waals surface area contributed by atoms with E-state index in [2.05, 4.69) is 19.9 Å². The average molecular weight is 464 g/mol. The molecule has 0 saturated carbocycles. The first-order chi connectivity index (χ1) is 16.5. The van der Waals surface area contributed by atoms with Gasteiger partial charge in [0.1, 0.15) is 28.8 Å². The van der Waals surface area contributed by atoms with Crippen LogP contribution >= 0.6 is 0 Å². The number of pyridine rings is 1. The summed E-state index contributed by atoms with van der Waals surface area (Å²) in [7, 11) is 1.53. The minimum absolute atomic E-state index is 0.0562. The van der Waals surface area contributed by atoms with Crippen molar-refractivity contribution >= 4 is 16.9 Å². The van der Waals surface area contributed by atoms with Crippen LogP contribution in [0.1, 0.15) is 18.5 Å². The lowest BCUT2D eigenvalue weighted by Crippen LogP contribution is -2.39. The number of nitrogens with zero attached hydrogens (tertiary/aromatic N) is 6. The smallest absolute Gasteiger partial charge is 0.232 e. The average Bonchev–Trinajstić information content (AvgIpc) is 2.85. The highest BCUT2D eigenvalue weighted by atomic mass is 19.1. The minimum Gasteiger partial charge on any atom is -0.487 e. The fraction of sp³-hybridized carbons (Fsp3) is 0.292. The third kappa shape index (κ3) is 4.43. The highest BCUT2D eigenvalue weighted by Gasteiger charge is 2.26. The Morgan fingerprint density at radius 3 is 2.56 bits per heavy atom. The number of aryl methyl sites for hydroxylation is 1. The summed E-state index contributed by atoms with van der Waals surface area (Å²) in [5.41, 5.74) is 3.34. The standard InChI is InChI=1S/C24H22F2N6O2/c1-14-9-18-19(12-28-14)30-23(20-11-27-13-22(29-20)33-2)24(31-18)32-7-5-16(6-8-32)34-21-4-3-15(25)10-17(21)26/h3-4,9-13,16H,5-8H2,1-2H3. The zero-order valence-corrected chi connectivity index (χ0v) is 18.7. The molecule has 0 bridgehead atoms. The summed E-state index contributed by atoms with van der Waals surface area (Å²) in [5.74, 6) is -0.229. The maximum atomic E-state index is 14.0. The Balaban J connectivity index is 1.44. The van der Waals surface area contributed by atoms with E-state index in [-0.39, 0.29) is 11.9 Å². The van der Waals surface area contributed by atoms with E-state index >= 15 is 0 Å². The highest BCUT2D eigenvalue weighted by Crippen LogP contribution is 2.32. The predicted octanol–water partition coefficient (Wildman–Crippen LogP) is 4.12. The predicted molar refractivity (Wildman–Crippen MR) is 122 cm³/mol. The summed E-state index contributed by atoms with van der Waals surface area (Å²) in [4.78, 5) is 24.9. The van der Waals surface area contributed by atoms with Gasteiger partial charge in [-0.1, -0.05) is 0 Å². The largest absolute Gasteiger partial charge is 0.487 e. The summed E-state index contributed by atoms with van der Waals surface area (Å²) in [6.45, 7) is 3.13. The van der Waals surface area contributed by atoms with Crippen molar-refractivity contribution in [1.82, 2.24) is 24.9 Å². The van der Waals surface area contributed by atoms with E-state index < -0.39 is 11.6 Å². The van der Waals surface area contributed by atoms with Crippen LogP contribution in [0.25, 0.3) is 22.4 Å². The minimum atomic E-state index is -0.703. The Morgan fingerprint density at radius 2 is 1.79 bits per heavy atom. The first-order valence-corrected chi connectivity index (χ1v) is 10.9. The molecule has 0 amide bonds. The second-order valence-corrected chi connectivity index (χ2v) is 8.04. The highest BCUT2D eigenvalue weighted by molar-refractivity contribution is 5.82. The molecule has 1 aliphatic heterocycles. The topological polar surface area (TPSA) is 86.2 Å². The zero-order valence-electron chi connectivity index (χ0n) is 18.7. The van der Waals surface area contributed by atoms with E-state index in [0.717, 1.165) is 17.3 Å². The quantitative estimate of drug-likeness (QED) is 0.436. The van der Waals surface area contributed by atoms with Crippen LogP contribution in [0.15, 0.2) is 42.9 Å². The number of hydrogen-bond donors (Lipinski definition) is 0. The molecule has 0 spiro atoms. The summed E-state index contributed by atoms with van der Waals surface area (Å²) in [5, 5.41) is 0. The molecular weight excluding hydrogens is 442 g/mol. The Kier molecular flexibility index (Phi) is 5.87. The molecule has 0 unspecified atom stereocenters. The van der Waals surface area contributed by atoms with Crippen LogP contribution in [0.4, 0.5) is 14.6 Å². The van der Waals surface area contributed by atoms with E-state index in [0.29, 0.717) is 54.5 Å². The van der Waals surface area contributed by atoms with Crippen molar-refractivity contribution in [2.75, 3.05) is 25.1 Å². The molecule has 34 heavy (non-hydrogen) atoms. The van der Waals surface area contributed by atoms with Gasteiger partial charge in [0.15, 0.2) is 17.4 Å². The molecule has 3 aromatic heterocycles. The van der Waals surface area contributed by atoms with Crippen LogP contribution in [0.3, 0.4) is 0 Å². The molecule has 4 aromatic rings. The Bertz CT molecular complexity index is 1340. The number of ether oxygens (including phenoxy) is 2. The molecular formula is C24H22F2N6O2. The zero-order chi connectivity index (χ0) is 23.7. The molecule has 10 heteroatoms. The number of fused-ring (bicyclic) bond motifs is 1. The molecule has 0 radical (unpaired) electrons. The number of anilines is 1. The Morgan fingerprint density at radius 1 is 0.971 bits per heavy atom. The van der Waals surface area contributed by atoms with Crippen LogP contribution in [-0.4, -0.2) is 51.2 Å². The molecule has 1 aliphatic rings. The van der Waals surface area contributed by atoms with Crippen LogP contribution < -0.4 is 14.4 Å². The first-order valence-electron chi connectivity index (χ1n) is 10.9. The molecule has 0 aliphatic carbocycles. The van der Waals surface area contributed by atoms with E-state index in [1.807, 2.05) is 13.0 Å². The van der Waals surface area contributed by atoms with E-state index in [1.165, 1.54) is 25.4 Å². The van der Waals surface area contributed by atoms with Gasteiger partial charge in [-0.3, -0.25) is 9.97 Å². The SMILES string of the molecule is COc1cncc(-c2nc3cnc(C)cc3nc2N2CCC(Oc3ccc(F)cc3F)CC2)n1. The van der Waals surface area contributed by atoms with Crippen molar-refractivity contribution < 1.29 is 18.3 Å². The van der Waals surface area contributed by atoms with Crippen molar-refractivity contribution in [2.45, 2.75) is 25.9 Å². The molecule has 174 valence electrons. The maximum Gasteiger partial charge on any atom is 0.232 e. The van der Waals surface area contributed by atoms with Gasteiger partial charge in [0.25, 0.3) is 0 Å². The number of aromatic nitrogens is 5. The summed E-state index contributed by atoms with van der Waals surface area (Å²) < 4.78 is 38.2. The molecule has 0 N–H and O–H groups in total. The number of piperidine rings is 1. The maximum absolute atomic E-state index is 14.0. The van der Waals surface area contributed by atoms with Gasteiger partial charge in [0.05, 0.1) is 31.2 Å².